The molecule has 1 aromatic rings. The van der Waals surface area contributed by atoms with Crippen molar-refractivity contribution in [2.75, 3.05) is 20.2 Å². The highest BCUT2D eigenvalue weighted by molar-refractivity contribution is 5.94. The van der Waals surface area contributed by atoms with Crippen molar-refractivity contribution in [1.82, 2.24) is 10.3 Å². The highest BCUT2D eigenvalue weighted by atomic mass is 19.4. The number of pyridine rings is 1. The number of methoxy groups -OCH3 is 1. The summed E-state index contributed by atoms with van der Waals surface area (Å²) >= 11 is 0. The van der Waals surface area contributed by atoms with Crippen LogP contribution in [0, 0.1) is 0 Å². The first kappa shape index (κ1) is 24.1. The Morgan fingerprint density at radius 3 is 2.66 bits per heavy atom. The Morgan fingerprint density at radius 1 is 1.34 bits per heavy atom. The molecule has 5 nitrogen and oxygen atoms in total. The van der Waals surface area contributed by atoms with Crippen molar-refractivity contribution in [3.8, 4) is 0 Å². The molecule has 0 unspecified atom stereocenters. The van der Waals surface area contributed by atoms with Crippen molar-refractivity contribution >= 4 is 11.8 Å². The van der Waals surface area contributed by atoms with Crippen molar-refractivity contribution in [3.05, 3.63) is 65.5 Å². The van der Waals surface area contributed by atoms with Gasteiger partial charge >= 0.3 is 6.18 Å². The van der Waals surface area contributed by atoms with Crippen LogP contribution in [0.25, 0.3) is 0 Å². The summed E-state index contributed by atoms with van der Waals surface area (Å²) in [5.74, 6) is -0.211. The summed E-state index contributed by atoms with van der Waals surface area (Å²) in [6.45, 7) is 3.50. The molecule has 1 N–H and O–H groups in total. The molecule has 1 rings (SSSR count). The lowest BCUT2D eigenvalue weighted by atomic mass is 10.1. The minimum absolute atomic E-state index is 0.00711. The molecule has 0 saturated heterocycles. The number of alkyl halides is 3. The predicted octanol–water partition coefficient (Wildman–Crippen LogP) is 4.65. The molecule has 0 spiro atoms. The van der Waals surface area contributed by atoms with Crippen molar-refractivity contribution in [2.45, 2.75) is 32.9 Å². The third-order valence-electron chi connectivity index (χ3n) is 3.67. The summed E-state index contributed by atoms with van der Waals surface area (Å²) in [6.07, 6.45) is 3.48. The molecular formula is C21H26F3N3O2. The van der Waals surface area contributed by atoms with Crippen LogP contribution in [0.15, 0.2) is 64.8 Å². The topological polar surface area (TPSA) is 63.6 Å². The Bertz CT molecular complexity index is 767. The average molecular weight is 409 g/mol. The van der Waals surface area contributed by atoms with Crippen molar-refractivity contribution in [2.24, 2.45) is 4.99 Å². The number of nitrogens with zero attached hydrogens (tertiary/aromatic N) is 2. The second-order valence-electron chi connectivity index (χ2n) is 5.98. The number of rotatable bonds is 9. The monoisotopic (exact) mass is 409 g/mol. The summed E-state index contributed by atoms with van der Waals surface area (Å²) in [7, 11) is 1.38. The van der Waals surface area contributed by atoms with E-state index in [1.54, 1.807) is 37.3 Å². The molecule has 0 fully saturated rings. The third kappa shape index (κ3) is 9.23. The summed E-state index contributed by atoms with van der Waals surface area (Å²) < 4.78 is 44.8. The van der Waals surface area contributed by atoms with Crippen LogP contribution >= 0.6 is 0 Å². The first-order valence-electron chi connectivity index (χ1n) is 9.19. The number of aromatic nitrogens is 1. The van der Waals surface area contributed by atoms with Crippen molar-refractivity contribution in [1.29, 1.82) is 0 Å². The van der Waals surface area contributed by atoms with E-state index in [0.717, 1.165) is 6.08 Å². The van der Waals surface area contributed by atoms with E-state index in [-0.39, 0.29) is 24.7 Å². The number of amides is 1. The van der Waals surface area contributed by atoms with Crippen LogP contribution in [0.1, 0.15) is 37.2 Å². The van der Waals surface area contributed by atoms with Gasteiger partial charge in [-0.2, -0.15) is 13.2 Å². The van der Waals surface area contributed by atoms with Crippen LogP contribution in [0.4, 0.5) is 13.2 Å². The number of carbonyl (C=O) groups excluding carboxylic acids is 1. The number of halogens is 3. The van der Waals surface area contributed by atoms with Crippen molar-refractivity contribution < 1.29 is 22.7 Å². The predicted molar refractivity (Wildman–Crippen MR) is 108 cm³/mol. The highest BCUT2D eigenvalue weighted by Gasteiger charge is 2.31. The van der Waals surface area contributed by atoms with E-state index in [1.165, 1.54) is 19.4 Å². The van der Waals surface area contributed by atoms with Gasteiger partial charge in [-0.05, 0) is 37.1 Å². The standard InChI is InChI=1S/C21H26F3N3O2/c1-4-6-10-17(21(22,23)24)13-16(9-5-2)14-26-19(29-3)15-27-20(28)18-11-7-8-12-25-18/h5,7-13H,4,6,14-15H2,1-3H3,(H,27,28)/b9-5-,16-13+,17-10+,26-19?. The minimum Gasteiger partial charge on any atom is -0.483 e. The van der Waals surface area contributed by atoms with E-state index < -0.39 is 17.7 Å². The SMILES string of the molecule is C\C=C/C(=C\C(=C/CCC)C(F)(F)F)CN=C(CNC(=O)c1ccccn1)OC. The van der Waals surface area contributed by atoms with Gasteiger partial charge in [0.2, 0.25) is 5.90 Å². The second kappa shape index (κ2) is 12.5. The lowest BCUT2D eigenvalue weighted by molar-refractivity contribution is -0.0885. The Balaban J connectivity index is 2.89. The molecule has 158 valence electrons. The number of carbonyl (C=O) groups is 1. The summed E-state index contributed by atoms with van der Waals surface area (Å²) in [5.41, 5.74) is -0.0869. The fraction of sp³-hybridized carbons (Fsp3) is 0.381. The number of ether oxygens (including phenoxy) is 1. The smallest absolute Gasteiger partial charge is 0.416 e. The maximum atomic E-state index is 13.2. The van der Waals surface area contributed by atoms with Crippen LogP contribution in [-0.2, 0) is 4.74 Å². The van der Waals surface area contributed by atoms with Gasteiger partial charge in [0.05, 0.1) is 25.8 Å². The molecule has 0 atom stereocenters. The number of unbranched alkanes of at least 4 members (excludes halogenated alkanes) is 1. The molecule has 0 aliphatic carbocycles. The van der Waals surface area contributed by atoms with Gasteiger partial charge in [-0.25, -0.2) is 4.99 Å². The molecule has 0 bridgehead atoms. The van der Waals surface area contributed by atoms with Crippen LogP contribution in [0.2, 0.25) is 0 Å². The second-order valence-corrected chi connectivity index (χ2v) is 5.98. The number of nitrogens with one attached hydrogen (secondary N) is 1. The zero-order chi connectivity index (χ0) is 21.7. The Hall–Kier alpha value is -2.90. The van der Waals surface area contributed by atoms with E-state index >= 15 is 0 Å². The Morgan fingerprint density at radius 2 is 2.10 bits per heavy atom. The zero-order valence-corrected chi connectivity index (χ0v) is 16.8. The zero-order valence-electron chi connectivity index (χ0n) is 16.8. The maximum Gasteiger partial charge on any atom is 0.416 e. The summed E-state index contributed by atoms with van der Waals surface area (Å²) in [5, 5.41) is 2.61. The third-order valence-corrected chi connectivity index (χ3v) is 3.67. The van der Waals surface area contributed by atoms with E-state index in [1.807, 2.05) is 6.92 Å². The van der Waals surface area contributed by atoms with Gasteiger partial charge in [0.15, 0.2) is 0 Å². The normalized spacial score (nSPS) is 13.7. The van der Waals surface area contributed by atoms with Gasteiger partial charge in [-0.15, -0.1) is 0 Å². The molecule has 29 heavy (non-hydrogen) atoms. The summed E-state index contributed by atoms with van der Waals surface area (Å²) in [4.78, 5) is 20.1. The van der Waals surface area contributed by atoms with E-state index in [9.17, 15) is 18.0 Å². The number of aliphatic imine (C=N–C) groups is 1. The van der Waals surface area contributed by atoms with E-state index in [4.69, 9.17) is 4.74 Å². The maximum absolute atomic E-state index is 13.2. The van der Waals surface area contributed by atoms with Crippen LogP contribution in [0.5, 0.6) is 0 Å². The first-order chi connectivity index (χ1) is 13.8. The molecule has 1 aromatic heterocycles. The van der Waals surface area contributed by atoms with Gasteiger partial charge in [0.1, 0.15) is 5.69 Å². The fourth-order valence-corrected chi connectivity index (χ4v) is 2.23. The number of hydrogen-bond donors (Lipinski definition) is 1. The molecule has 1 amide bonds. The molecule has 0 radical (unpaired) electrons. The largest absolute Gasteiger partial charge is 0.483 e. The van der Waals surface area contributed by atoms with E-state index in [0.29, 0.717) is 18.4 Å². The minimum atomic E-state index is -4.44. The molecular weight excluding hydrogens is 383 g/mol. The molecule has 0 saturated carbocycles. The van der Waals surface area contributed by atoms with Gasteiger partial charge in [-0.1, -0.05) is 37.6 Å². The Labute approximate surface area is 169 Å². The first-order valence-corrected chi connectivity index (χ1v) is 9.19. The summed E-state index contributed by atoms with van der Waals surface area (Å²) in [6, 6.07) is 4.94. The van der Waals surface area contributed by atoms with Gasteiger partial charge < -0.3 is 10.1 Å². The number of allylic oxidation sites excluding steroid dienone is 4. The highest BCUT2D eigenvalue weighted by Crippen LogP contribution is 2.28. The van der Waals surface area contributed by atoms with Gasteiger partial charge in [-0.3, -0.25) is 9.78 Å². The van der Waals surface area contributed by atoms with E-state index in [2.05, 4.69) is 15.3 Å². The van der Waals surface area contributed by atoms with Gasteiger partial charge in [0, 0.05) is 6.20 Å². The number of hydrogen-bond acceptors (Lipinski definition) is 4. The Kier molecular flexibility index (Phi) is 10.4. The fourth-order valence-electron chi connectivity index (χ4n) is 2.23. The van der Waals surface area contributed by atoms with Crippen LogP contribution in [-0.4, -0.2) is 43.2 Å². The lowest BCUT2D eigenvalue weighted by Gasteiger charge is -2.10. The average Bonchev–Trinajstić information content (AvgIpc) is 2.70. The molecule has 0 aliphatic rings. The van der Waals surface area contributed by atoms with Crippen LogP contribution in [0.3, 0.4) is 0 Å². The van der Waals surface area contributed by atoms with Gasteiger partial charge in [0.25, 0.3) is 5.91 Å². The molecule has 0 aromatic carbocycles. The lowest BCUT2D eigenvalue weighted by Crippen LogP contribution is -2.31. The van der Waals surface area contributed by atoms with Crippen molar-refractivity contribution in [3.63, 3.8) is 0 Å². The molecule has 1 heterocycles. The van der Waals surface area contributed by atoms with Crippen LogP contribution < -0.4 is 5.32 Å². The molecule has 0 aliphatic heterocycles. The molecule has 8 heteroatoms. The quantitative estimate of drug-likeness (QED) is 0.367.